The molecule has 5 heteroatoms. The van der Waals surface area contributed by atoms with E-state index in [1.165, 1.54) is 4.68 Å². The SMILES string of the molecule is Cc1[nH]n(-c2cccc(Cl)c2C)c(=O)c1CCN. The van der Waals surface area contributed by atoms with E-state index in [9.17, 15) is 4.79 Å². The standard InChI is InChI=1S/C13H16ClN3O/c1-8-11(14)4-3-5-12(8)17-13(18)10(6-7-15)9(2)16-17/h3-5,16H,6-7,15H2,1-2H3. The van der Waals surface area contributed by atoms with Crippen LogP contribution in [0.25, 0.3) is 5.69 Å². The summed E-state index contributed by atoms with van der Waals surface area (Å²) < 4.78 is 1.53. The summed E-state index contributed by atoms with van der Waals surface area (Å²) in [5.41, 5.74) is 8.70. The molecule has 0 aliphatic carbocycles. The van der Waals surface area contributed by atoms with E-state index in [-0.39, 0.29) is 5.56 Å². The second kappa shape index (κ2) is 5.00. The molecule has 0 fully saturated rings. The van der Waals surface area contributed by atoms with Gasteiger partial charge in [-0.3, -0.25) is 9.89 Å². The van der Waals surface area contributed by atoms with Crippen LogP contribution in [0, 0.1) is 13.8 Å². The van der Waals surface area contributed by atoms with E-state index in [1.807, 2.05) is 32.0 Å². The van der Waals surface area contributed by atoms with Crippen molar-refractivity contribution in [1.29, 1.82) is 0 Å². The average molecular weight is 266 g/mol. The van der Waals surface area contributed by atoms with Gasteiger partial charge in [0, 0.05) is 16.3 Å². The molecule has 1 heterocycles. The predicted octanol–water partition coefficient (Wildman–Crippen LogP) is 1.94. The van der Waals surface area contributed by atoms with Gasteiger partial charge >= 0.3 is 0 Å². The molecule has 0 radical (unpaired) electrons. The first-order valence-corrected chi connectivity index (χ1v) is 6.20. The van der Waals surface area contributed by atoms with E-state index in [1.54, 1.807) is 0 Å². The molecule has 0 atom stereocenters. The zero-order chi connectivity index (χ0) is 13.3. The van der Waals surface area contributed by atoms with Gasteiger partial charge in [0.25, 0.3) is 5.56 Å². The molecule has 3 N–H and O–H groups in total. The minimum absolute atomic E-state index is 0.0525. The highest BCUT2D eigenvalue weighted by Gasteiger charge is 2.13. The van der Waals surface area contributed by atoms with Crippen LogP contribution in [-0.4, -0.2) is 16.3 Å². The largest absolute Gasteiger partial charge is 0.330 e. The Morgan fingerprint density at radius 3 is 2.78 bits per heavy atom. The van der Waals surface area contributed by atoms with Gasteiger partial charge in [0.05, 0.1) is 5.69 Å². The van der Waals surface area contributed by atoms with Gasteiger partial charge in [0.15, 0.2) is 0 Å². The van der Waals surface area contributed by atoms with Crippen molar-refractivity contribution in [3.8, 4) is 5.69 Å². The molecule has 0 saturated carbocycles. The number of aromatic amines is 1. The van der Waals surface area contributed by atoms with Crippen LogP contribution in [-0.2, 0) is 6.42 Å². The zero-order valence-corrected chi connectivity index (χ0v) is 11.2. The van der Waals surface area contributed by atoms with Crippen molar-refractivity contribution in [2.75, 3.05) is 6.54 Å². The van der Waals surface area contributed by atoms with Gasteiger partial charge in [-0.15, -0.1) is 0 Å². The lowest BCUT2D eigenvalue weighted by molar-refractivity contribution is 0.827. The topological polar surface area (TPSA) is 63.8 Å². The lowest BCUT2D eigenvalue weighted by Gasteiger charge is -2.07. The molecule has 0 aliphatic rings. The third kappa shape index (κ3) is 2.09. The van der Waals surface area contributed by atoms with Crippen LogP contribution in [0.5, 0.6) is 0 Å². The lowest BCUT2D eigenvalue weighted by atomic mass is 10.2. The van der Waals surface area contributed by atoms with Crippen molar-refractivity contribution in [3.05, 3.63) is 50.4 Å². The normalized spacial score (nSPS) is 10.9. The number of aryl methyl sites for hydroxylation is 1. The third-order valence-corrected chi connectivity index (χ3v) is 3.48. The maximum Gasteiger partial charge on any atom is 0.274 e. The molecule has 96 valence electrons. The van der Waals surface area contributed by atoms with Gasteiger partial charge in [0.1, 0.15) is 0 Å². The molecular weight excluding hydrogens is 250 g/mol. The van der Waals surface area contributed by atoms with E-state index in [0.29, 0.717) is 18.0 Å². The summed E-state index contributed by atoms with van der Waals surface area (Å²) >= 11 is 6.07. The van der Waals surface area contributed by atoms with Gasteiger partial charge in [-0.25, -0.2) is 4.68 Å². The van der Waals surface area contributed by atoms with Crippen molar-refractivity contribution in [3.63, 3.8) is 0 Å². The maximum atomic E-state index is 12.3. The van der Waals surface area contributed by atoms with E-state index < -0.39 is 0 Å². The second-order valence-corrected chi connectivity index (χ2v) is 4.69. The fourth-order valence-electron chi connectivity index (χ4n) is 2.03. The molecule has 2 rings (SSSR count). The first-order chi connectivity index (χ1) is 8.56. The number of rotatable bonds is 3. The van der Waals surface area contributed by atoms with E-state index in [0.717, 1.165) is 22.5 Å². The summed E-state index contributed by atoms with van der Waals surface area (Å²) in [6.45, 7) is 4.23. The molecule has 0 amide bonds. The smallest absolute Gasteiger partial charge is 0.274 e. The fraction of sp³-hybridized carbons (Fsp3) is 0.308. The Labute approximate surface area is 110 Å². The van der Waals surface area contributed by atoms with Crippen LogP contribution in [0.3, 0.4) is 0 Å². The molecule has 4 nitrogen and oxygen atoms in total. The Hall–Kier alpha value is -1.52. The van der Waals surface area contributed by atoms with Crippen LogP contribution in [0.15, 0.2) is 23.0 Å². The van der Waals surface area contributed by atoms with Crippen molar-refractivity contribution in [1.82, 2.24) is 9.78 Å². The summed E-state index contributed by atoms with van der Waals surface area (Å²) in [6.07, 6.45) is 0.577. The van der Waals surface area contributed by atoms with Crippen LogP contribution in [0.4, 0.5) is 0 Å². The predicted molar refractivity (Wildman–Crippen MR) is 73.6 cm³/mol. The van der Waals surface area contributed by atoms with Gasteiger partial charge in [-0.05, 0) is 44.5 Å². The van der Waals surface area contributed by atoms with Gasteiger partial charge in [0.2, 0.25) is 0 Å². The first-order valence-electron chi connectivity index (χ1n) is 5.82. The van der Waals surface area contributed by atoms with Crippen molar-refractivity contribution in [2.45, 2.75) is 20.3 Å². The molecule has 1 aromatic heterocycles. The number of aromatic nitrogens is 2. The van der Waals surface area contributed by atoms with Crippen molar-refractivity contribution >= 4 is 11.6 Å². The van der Waals surface area contributed by atoms with Crippen LogP contribution in [0.1, 0.15) is 16.8 Å². The second-order valence-electron chi connectivity index (χ2n) is 4.28. The maximum absolute atomic E-state index is 12.3. The van der Waals surface area contributed by atoms with Gasteiger partial charge in [-0.1, -0.05) is 17.7 Å². The van der Waals surface area contributed by atoms with Crippen LogP contribution in [0.2, 0.25) is 5.02 Å². The number of halogens is 1. The molecule has 0 aliphatic heterocycles. The summed E-state index contributed by atoms with van der Waals surface area (Å²) in [5.74, 6) is 0. The summed E-state index contributed by atoms with van der Waals surface area (Å²) in [4.78, 5) is 12.3. The Morgan fingerprint density at radius 1 is 1.39 bits per heavy atom. The highest BCUT2D eigenvalue weighted by molar-refractivity contribution is 6.31. The Morgan fingerprint density at radius 2 is 2.11 bits per heavy atom. The van der Waals surface area contributed by atoms with Crippen molar-refractivity contribution < 1.29 is 0 Å². The molecule has 0 saturated heterocycles. The summed E-state index contributed by atoms with van der Waals surface area (Å²) in [7, 11) is 0. The summed E-state index contributed by atoms with van der Waals surface area (Å²) in [6, 6.07) is 5.50. The minimum atomic E-state index is -0.0525. The van der Waals surface area contributed by atoms with Crippen LogP contribution >= 0.6 is 11.6 Å². The van der Waals surface area contributed by atoms with E-state index in [4.69, 9.17) is 17.3 Å². The Kier molecular flexibility index (Phi) is 3.59. The number of hydrogen-bond acceptors (Lipinski definition) is 2. The molecule has 0 spiro atoms. The number of H-pyrrole nitrogens is 1. The molecule has 18 heavy (non-hydrogen) atoms. The minimum Gasteiger partial charge on any atom is -0.330 e. The van der Waals surface area contributed by atoms with Gasteiger partial charge < -0.3 is 5.73 Å². The highest BCUT2D eigenvalue weighted by Crippen LogP contribution is 2.21. The molecule has 0 unspecified atom stereocenters. The molecule has 2 aromatic rings. The number of hydrogen-bond donors (Lipinski definition) is 2. The first kappa shape index (κ1) is 12.9. The molecule has 0 bridgehead atoms. The molecule has 1 aromatic carbocycles. The van der Waals surface area contributed by atoms with E-state index >= 15 is 0 Å². The highest BCUT2D eigenvalue weighted by atomic mass is 35.5. The molecular formula is C13H16ClN3O. The number of nitrogens with one attached hydrogen (secondary N) is 1. The third-order valence-electron chi connectivity index (χ3n) is 3.07. The monoisotopic (exact) mass is 265 g/mol. The summed E-state index contributed by atoms with van der Waals surface area (Å²) in [5, 5.41) is 3.72. The Bertz CT molecular complexity index is 628. The lowest BCUT2D eigenvalue weighted by Crippen LogP contribution is -2.20. The Balaban J connectivity index is 2.62. The number of nitrogens with zero attached hydrogens (tertiary/aromatic N) is 1. The van der Waals surface area contributed by atoms with Gasteiger partial charge in [-0.2, -0.15) is 0 Å². The number of benzene rings is 1. The fourth-order valence-corrected chi connectivity index (χ4v) is 2.20. The quantitative estimate of drug-likeness (QED) is 0.891. The van der Waals surface area contributed by atoms with Crippen molar-refractivity contribution in [2.24, 2.45) is 5.73 Å². The number of nitrogens with two attached hydrogens (primary N) is 1. The zero-order valence-electron chi connectivity index (χ0n) is 10.5. The average Bonchev–Trinajstić information content (AvgIpc) is 2.61. The van der Waals surface area contributed by atoms with E-state index in [2.05, 4.69) is 5.10 Å². The van der Waals surface area contributed by atoms with Crippen LogP contribution < -0.4 is 11.3 Å².